The Morgan fingerprint density at radius 3 is 2.53 bits per heavy atom. The van der Waals surface area contributed by atoms with Crippen molar-refractivity contribution in [3.63, 3.8) is 0 Å². The summed E-state index contributed by atoms with van der Waals surface area (Å²) in [5.41, 5.74) is 2.22. The Kier molecular flexibility index (Phi) is 4.31. The van der Waals surface area contributed by atoms with Gasteiger partial charge >= 0.3 is 0 Å². The SMILES string of the molecule is COCOc1ccc(C)cc1C(=O)c1ccccc1. The van der Waals surface area contributed by atoms with Crippen LogP contribution in [0.1, 0.15) is 21.5 Å². The highest BCUT2D eigenvalue weighted by Gasteiger charge is 2.14. The van der Waals surface area contributed by atoms with Crippen molar-refractivity contribution in [1.29, 1.82) is 0 Å². The summed E-state index contributed by atoms with van der Waals surface area (Å²) < 4.78 is 10.3. The topological polar surface area (TPSA) is 35.5 Å². The number of hydrogen-bond acceptors (Lipinski definition) is 3. The van der Waals surface area contributed by atoms with Gasteiger partial charge in [-0.15, -0.1) is 0 Å². The highest BCUT2D eigenvalue weighted by molar-refractivity contribution is 6.10. The average molecular weight is 256 g/mol. The molecule has 0 aliphatic heterocycles. The molecule has 98 valence electrons. The minimum atomic E-state index is -0.0459. The summed E-state index contributed by atoms with van der Waals surface area (Å²) in [5, 5.41) is 0. The third-order valence-corrected chi connectivity index (χ3v) is 2.75. The monoisotopic (exact) mass is 256 g/mol. The lowest BCUT2D eigenvalue weighted by atomic mass is 10.0. The largest absolute Gasteiger partial charge is 0.467 e. The first-order valence-electron chi connectivity index (χ1n) is 6.04. The quantitative estimate of drug-likeness (QED) is 0.608. The average Bonchev–Trinajstić information content (AvgIpc) is 2.46. The Balaban J connectivity index is 2.37. The maximum atomic E-state index is 12.5. The fraction of sp³-hybridized carbons (Fsp3) is 0.188. The molecule has 0 N–H and O–H groups in total. The Morgan fingerprint density at radius 2 is 1.84 bits per heavy atom. The molecule has 0 amide bonds. The van der Waals surface area contributed by atoms with Gasteiger partial charge in [-0.2, -0.15) is 0 Å². The first kappa shape index (κ1) is 13.3. The normalized spacial score (nSPS) is 10.2. The lowest BCUT2D eigenvalue weighted by Crippen LogP contribution is -2.07. The Labute approximate surface area is 112 Å². The van der Waals surface area contributed by atoms with Gasteiger partial charge < -0.3 is 9.47 Å². The van der Waals surface area contributed by atoms with E-state index in [-0.39, 0.29) is 12.6 Å². The molecule has 0 aliphatic carbocycles. The Hall–Kier alpha value is -2.13. The Bertz CT molecular complexity index is 561. The summed E-state index contributed by atoms with van der Waals surface area (Å²) in [5.74, 6) is 0.497. The number of rotatable bonds is 5. The zero-order valence-electron chi connectivity index (χ0n) is 11.1. The van der Waals surface area contributed by atoms with Gasteiger partial charge in [0.2, 0.25) is 0 Å². The molecule has 3 nitrogen and oxygen atoms in total. The zero-order valence-corrected chi connectivity index (χ0v) is 11.1. The summed E-state index contributed by atoms with van der Waals surface area (Å²) in [6.07, 6.45) is 0. The van der Waals surface area contributed by atoms with E-state index in [0.29, 0.717) is 16.9 Å². The molecule has 0 heterocycles. The molecule has 2 aromatic rings. The van der Waals surface area contributed by atoms with E-state index in [1.54, 1.807) is 25.3 Å². The van der Waals surface area contributed by atoms with Crippen LogP contribution in [-0.2, 0) is 4.74 Å². The van der Waals surface area contributed by atoms with E-state index >= 15 is 0 Å². The number of benzene rings is 2. The van der Waals surface area contributed by atoms with Crippen LogP contribution in [-0.4, -0.2) is 19.7 Å². The van der Waals surface area contributed by atoms with Crippen LogP contribution >= 0.6 is 0 Å². The molecule has 2 rings (SSSR count). The van der Waals surface area contributed by atoms with Crippen LogP contribution in [0.15, 0.2) is 48.5 Å². The van der Waals surface area contributed by atoms with E-state index in [9.17, 15) is 4.79 Å². The minimum absolute atomic E-state index is 0.0459. The van der Waals surface area contributed by atoms with Gasteiger partial charge in [-0.05, 0) is 19.1 Å². The maximum absolute atomic E-state index is 12.5. The zero-order chi connectivity index (χ0) is 13.7. The van der Waals surface area contributed by atoms with Crippen LogP contribution < -0.4 is 4.74 Å². The number of hydrogen-bond donors (Lipinski definition) is 0. The van der Waals surface area contributed by atoms with E-state index in [1.165, 1.54) is 0 Å². The molecule has 0 saturated heterocycles. The van der Waals surface area contributed by atoms with Gasteiger partial charge in [0.25, 0.3) is 0 Å². The van der Waals surface area contributed by atoms with E-state index in [4.69, 9.17) is 9.47 Å². The first-order valence-corrected chi connectivity index (χ1v) is 6.04. The summed E-state index contributed by atoms with van der Waals surface area (Å²) in [4.78, 5) is 12.5. The fourth-order valence-corrected chi connectivity index (χ4v) is 1.81. The van der Waals surface area contributed by atoms with Crippen molar-refractivity contribution in [3.05, 3.63) is 65.2 Å². The molecular weight excluding hydrogens is 240 g/mol. The number of methoxy groups -OCH3 is 1. The lowest BCUT2D eigenvalue weighted by Gasteiger charge is -2.11. The van der Waals surface area contributed by atoms with Gasteiger partial charge in [0, 0.05) is 12.7 Å². The van der Waals surface area contributed by atoms with Gasteiger partial charge in [0.1, 0.15) is 5.75 Å². The van der Waals surface area contributed by atoms with Crippen molar-refractivity contribution >= 4 is 5.78 Å². The molecule has 0 radical (unpaired) electrons. The molecule has 0 unspecified atom stereocenters. The van der Waals surface area contributed by atoms with E-state index in [1.807, 2.05) is 37.3 Å². The molecule has 2 aromatic carbocycles. The van der Waals surface area contributed by atoms with Crippen LogP contribution in [0.25, 0.3) is 0 Å². The van der Waals surface area contributed by atoms with E-state index in [2.05, 4.69) is 0 Å². The first-order chi connectivity index (χ1) is 9.22. The maximum Gasteiger partial charge on any atom is 0.196 e. The summed E-state index contributed by atoms with van der Waals surface area (Å²) in [6.45, 7) is 2.07. The van der Waals surface area contributed by atoms with Crippen molar-refractivity contribution in [2.45, 2.75) is 6.92 Å². The van der Waals surface area contributed by atoms with E-state index in [0.717, 1.165) is 5.56 Å². The fourth-order valence-electron chi connectivity index (χ4n) is 1.81. The third kappa shape index (κ3) is 3.20. The minimum Gasteiger partial charge on any atom is -0.467 e. The molecular formula is C16H16O3. The number of carbonyl (C=O) groups excluding carboxylic acids is 1. The summed E-state index contributed by atoms with van der Waals surface area (Å²) in [7, 11) is 1.55. The van der Waals surface area contributed by atoms with Crippen molar-refractivity contribution in [2.75, 3.05) is 13.9 Å². The Morgan fingerprint density at radius 1 is 1.11 bits per heavy atom. The van der Waals surface area contributed by atoms with Crippen LogP contribution in [0.5, 0.6) is 5.75 Å². The molecule has 0 atom stereocenters. The standard InChI is InChI=1S/C16H16O3/c1-12-8-9-15(19-11-18-2)14(10-12)16(17)13-6-4-3-5-7-13/h3-10H,11H2,1-2H3. The third-order valence-electron chi connectivity index (χ3n) is 2.75. The summed E-state index contributed by atoms with van der Waals surface area (Å²) >= 11 is 0. The number of carbonyl (C=O) groups is 1. The van der Waals surface area contributed by atoms with Gasteiger partial charge in [0.15, 0.2) is 12.6 Å². The highest BCUT2D eigenvalue weighted by Crippen LogP contribution is 2.23. The van der Waals surface area contributed by atoms with E-state index < -0.39 is 0 Å². The molecule has 0 aromatic heterocycles. The van der Waals surface area contributed by atoms with Crippen molar-refractivity contribution in [3.8, 4) is 5.75 Å². The van der Waals surface area contributed by atoms with Crippen molar-refractivity contribution in [2.24, 2.45) is 0 Å². The molecule has 0 saturated carbocycles. The second-order valence-corrected chi connectivity index (χ2v) is 4.25. The van der Waals surface area contributed by atoms with Gasteiger partial charge in [-0.3, -0.25) is 4.79 Å². The van der Waals surface area contributed by atoms with Gasteiger partial charge in [0.05, 0.1) is 5.56 Å². The molecule has 0 aliphatic rings. The number of ether oxygens (including phenoxy) is 2. The predicted octanol–water partition coefficient (Wildman–Crippen LogP) is 3.21. The van der Waals surface area contributed by atoms with Crippen LogP contribution in [0.2, 0.25) is 0 Å². The van der Waals surface area contributed by atoms with Crippen molar-refractivity contribution in [1.82, 2.24) is 0 Å². The van der Waals surface area contributed by atoms with Gasteiger partial charge in [-0.1, -0.05) is 42.0 Å². The highest BCUT2D eigenvalue weighted by atomic mass is 16.7. The molecule has 0 fully saturated rings. The predicted molar refractivity (Wildman–Crippen MR) is 73.6 cm³/mol. The molecule has 19 heavy (non-hydrogen) atoms. The summed E-state index contributed by atoms with van der Waals surface area (Å²) in [6, 6.07) is 14.7. The number of aryl methyl sites for hydroxylation is 1. The van der Waals surface area contributed by atoms with Crippen LogP contribution in [0.4, 0.5) is 0 Å². The van der Waals surface area contributed by atoms with Crippen molar-refractivity contribution < 1.29 is 14.3 Å². The lowest BCUT2D eigenvalue weighted by molar-refractivity contribution is 0.0503. The second kappa shape index (κ2) is 6.16. The van der Waals surface area contributed by atoms with Crippen LogP contribution in [0.3, 0.4) is 0 Å². The second-order valence-electron chi connectivity index (χ2n) is 4.25. The molecule has 0 spiro atoms. The molecule has 0 bridgehead atoms. The smallest absolute Gasteiger partial charge is 0.196 e. The molecule has 3 heteroatoms. The van der Waals surface area contributed by atoms with Crippen LogP contribution in [0, 0.1) is 6.92 Å². The number of ketones is 1. The van der Waals surface area contributed by atoms with Gasteiger partial charge in [-0.25, -0.2) is 0 Å².